The van der Waals surface area contributed by atoms with E-state index in [2.05, 4.69) is 20.4 Å². The van der Waals surface area contributed by atoms with Gasteiger partial charge in [0, 0.05) is 45.1 Å². The van der Waals surface area contributed by atoms with Crippen molar-refractivity contribution in [3.8, 4) is 0 Å². The van der Waals surface area contributed by atoms with Crippen LogP contribution in [0.3, 0.4) is 0 Å². The molecule has 2 aliphatic heterocycles. The first-order chi connectivity index (χ1) is 15.1. The van der Waals surface area contributed by atoms with E-state index in [1.807, 2.05) is 6.07 Å². The van der Waals surface area contributed by atoms with Gasteiger partial charge in [0.15, 0.2) is 5.65 Å². The molecule has 0 unspecified atom stereocenters. The average molecular weight is 425 g/mol. The molecular weight excluding hydrogens is 401 g/mol. The van der Waals surface area contributed by atoms with Gasteiger partial charge in [-0.15, -0.1) is 0 Å². The fourth-order valence-corrected chi connectivity index (χ4v) is 4.39. The van der Waals surface area contributed by atoms with Crippen molar-refractivity contribution in [3.63, 3.8) is 0 Å². The number of carbonyl (C=O) groups is 1. The van der Waals surface area contributed by atoms with E-state index in [-0.39, 0.29) is 17.8 Å². The van der Waals surface area contributed by atoms with Crippen LogP contribution in [0.5, 0.6) is 0 Å². The number of hydrogen-bond acceptors (Lipinski definition) is 7. The topological polar surface area (TPSA) is 87.9 Å². The predicted octanol–water partition coefficient (Wildman–Crippen LogP) is 1.75. The summed E-state index contributed by atoms with van der Waals surface area (Å²) in [5.74, 6) is 0.122. The number of anilines is 1. The minimum Gasteiger partial charge on any atom is -0.383 e. The van der Waals surface area contributed by atoms with Gasteiger partial charge in [0.05, 0.1) is 25.0 Å². The Morgan fingerprint density at radius 2 is 2.23 bits per heavy atom. The first-order valence-corrected chi connectivity index (χ1v) is 10.4. The van der Waals surface area contributed by atoms with Crippen LogP contribution in [0.2, 0.25) is 0 Å². The number of hydrogen-bond donors (Lipinski definition) is 1. The first kappa shape index (κ1) is 19.8. The Kier molecular flexibility index (Phi) is 5.24. The van der Waals surface area contributed by atoms with Crippen molar-refractivity contribution in [2.45, 2.75) is 25.3 Å². The lowest BCUT2D eigenvalue weighted by molar-refractivity contribution is 0.0716. The number of halogens is 1. The van der Waals surface area contributed by atoms with Gasteiger partial charge < -0.3 is 9.64 Å². The molecule has 2 bridgehead atoms. The lowest BCUT2D eigenvalue weighted by Crippen LogP contribution is -2.45. The molecule has 0 saturated carbocycles. The van der Waals surface area contributed by atoms with Crippen LogP contribution in [-0.4, -0.2) is 63.8 Å². The molecule has 5 rings (SSSR count). The molecule has 0 aliphatic carbocycles. The number of rotatable bonds is 3. The number of amides is 1. The Morgan fingerprint density at radius 1 is 1.32 bits per heavy atom. The maximum Gasteiger partial charge on any atom is 0.271 e. The van der Waals surface area contributed by atoms with E-state index >= 15 is 0 Å². The summed E-state index contributed by atoms with van der Waals surface area (Å²) in [6.45, 7) is 2.28. The van der Waals surface area contributed by atoms with Crippen molar-refractivity contribution in [1.82, 2.24) is 30.0 Å². The maximum absolute atomic E-state index is 14.2. The molecule has 1 atom stereocenters. The highest BCUT2D eigenvalue weighted by molar-refractivity contribution is 5.99. The SMILES string of the molecule is COCCN1CCc2ncc(F)cc2[C@H]2CCCN2c2ccn3ncc(c3n2)C(=O)N1. The normalized spacial score (nSPS) is 19.5. The van der Waals surface area contributed by atoms with E-state index in [9.17, 15) is 9.18 Å². The maximum atomic E-state index is 14.2. The highest BCUT2D eigenvalue weighted by Crippen LogP contribution is 2.37. The summed E-state index contributed by atoms with van der Waals surface area (Å²) in [4.78, 5) is 24.4. The van der Waals surface area contributed by atoms with Crippen LogP contribution in [0.4, 0.5) is 10.2 Å². The van der Waals surface area contributed by atoms with Gasteiger partial charge in [0.25, 0.3) is 5.91 Å². The fourth-order valence-electron chi connectivity index (χ4n) is 4.39. The minimum absolute atomic E-state index is 0.0173. The van der Waals surface area contributed by atoms with Crippen LogP contribution >= 0.6 is 0 Å². The van der Waals surface area contributed by atoms with Crippen molar-refractivity contribution < 1.29 is 13.9 Å². The smallest absolute Gasteiger partial charge is 0.271 e. The summed E-state index contributed by atoms with van der Waals surface area (Å²) in [6, 6.07) is 3.46. The Morgan fingerprint density at radius 3 is 3.10 bits per heavy atom. The van der Waals surface area contributed by atoms with Gasteiger partial charge in [-0.05, 0) is 30.5 Å². The molecule has 10 heteroatoms. The van der Waals surface area contributed by atoms with Crippen LogP contribution in [0, 0.1) is 5.82 Å². The van der Waals surface area contributed by atoms with Crippen LogP contribution in [0.1, 0.15) is 40.5 Å². The van der Waals surface area contributed by atoms with Gasteiger partial charge in [0.1, 0.15) is 17.2 Å². The van der Waals surface area contributed by atoms with Crippen LogP contribution in [0.25, 0.3) is 5.65 Å². The van der Waals surface area contributed by atoms with Crippen LogP contribution in [-0.2, 0) is 11.2 Å². The van der Waals surface area contributed by atoms with Crippen molar-refractivity contribution >= 4 is 17.4 Å². The van der Waals surface area contributed by atoms with Crippen molar-refractivity contribution in [1.29, 1.82) is 0 Å². The third kappa shape index (κ3) is 3.72. The second-order valence-electron chi connectivity index (χ2n) is 7.82. The first-order valence-electron chi connectivity index (χ1n) is 10.4. The molecule has 31 heavy (non-hydrogen) atoms. The number of methoxy groups -OCH3 is 1. The highest BCUT2D eigenvalue weighted by atomic mass is 19.1. The summed E-state index contributed by atoms with van der Waals surface area (Å²) >= 11 is 0. The zero-order valence-corrected chi connectivity index (χ0v) is 17.3. The van der Waals surface area contributed by atoms with Crippen molar-refractivity contribution in [2.75, 3.05) is 38.3 Å². The number of hydrazine groups is 1. The number of pyridine rings is 1. The van der Waals surface area contributed by atoms with E-state index < -0.39 is 0 Å². The quantitative estimate of drug-likeness (QED) is 0.684. The zero-order valence-electron chi connectivity index (χ0n) is 17.3. The summed E-state index contributed by atoms with van der Waals surface area (Å²) in [7, 11) is 1.62. The Hall–Kier alpha value is -3.11. The molecule has 0 aromatic carbocycles. The second kappa shape index (κ2) is 8.20. The molecule has 5 heterocycles. The van der Waals surface area contributed by atoms with E-state index in [4.69, 9.17) is 9.72 Å². The number of fused-ring (bicyclic) bond motifs is 5. The standard InChI is InChI=1S/C21H24FN7O2/c1-31-10-9-27-7-4-17-15(11-14(22)12-23-17)18-3-2-6-28(18)19-5-8-29-20(25-19)16(13-24-29)21(30)26-27/h5,8,11-13,18H,2-4,6-7,9-10H2,1H3,(H,26,30)/t18-/m1/s1. The minimum atomic E-state index is -0.346. The van der Waals surface area contributed by atoms with E-state index in [0.29, 0.717) is 37.3 Å². The zero-order chi connectivity index (χ0) is 21.4. The van der Waals surface area contributed by atoms with Crippen LogP contribution in [0.15, 0.2) is 30.7 Å². The number of nitrogens with zero attached hydrogens (tertiary/aromatic N) is 6. The van der Waals surface area contributed by atoms with E-state index in [1.165, 1.54) is 12.4 Å². The predicted molar refractivity (Wildman–Crippen MR) is 111 cm³/mol. The summed E-state index contributed by atoms with van der Waals surface area (Å²) in [5.41, 5.74) is 5.55. The second-order valence-corrected chi connectivity index (χ2v) is 7.82. The molecule has 162 valence electrons. The van der Waals surface area contributed by atoms with Gasteiger partial charge in [-0.25, -0.2) is 18.9 Å². The van der Waals surface area contributed by atoms with Gasteiger partial charge >= 0.3 is 0 Å². The summed E-state index contributed by atoms with van der Waals surface area (Å²) in [6.07, 6.45) is 7.02. The number of nitrogens with one attached hydrogen (secondary N) is 1. The third-order valence-corrected chi connectivity index (χ3v) is 5.92. The van der Waals surface area contributed by atoms with Crippen molar-refractivity contribution in [2.24, 2.45) is 0 Å². The van der Waals surface area contributed by atoms with E-state index in [1.54, 1.807) is 28.9 Å². The highest BCUT2D eigenvalue weighted by Gasteiger charge is 2.31. The lowest BCUT2D eigenvalue weighted by Gasteiger charge is -2.28. The molecule has 0 radical (unpaired) electrons. The number of carbonyl (C=O) groups excluding carboxylic acids is 1. The lowest BCUT2D eigenvalue weighted by atomic mass is 10.0. The van der Waals surface area contributed by atoms with Gasteiger partial charge in [0.2, 0.25) is 0 Å². The van der Waals surface area contributed by atoms with E-state index in [0.717, 1.165) is 36.5 Å². The molecule has 0 spiro atoms. The molecular formula is C21H24FN7O2. The molecule has 3 aromatic rings. The Balaban J connectivity index is 1.63. The van der Waals surface area contributed by atoms with Crippen LogP contribution < -0.4 is 10.3 Å². The fraction of sp³-hybridized carbons (Fsp3) is 0.429. The Labute approximate surface area is 178 Å². The average Bonchev–Trinajstić information content (AvgIpc) is 3.42. The molecule has 1 N–H and O–H groups in total. The molecule has 1 amide bonds. The number of aromatic nitrogens is 4. The number of ether oxygens (including phenoxy) is 1. The molecule has 9 nitrogen and oxygen atoms in total. The largest absolute Gasteiger partial charge is 0.383 e. The molecule has 3 aromatic heterocycles. The van der Waals surface area contributed by atoms with Crippen molar-refractivity contribution in [3.05, 3.63) is 53.4 Å². The Bertz CT molecular complexity index is 1120. The monoisotopic (exact) mass is 425 g/mol. The molecule has 1 fully saturated rings. The molecule has 1 saturated heterocycles. The third-order valence-electron chi connectivity index (χ3n) is 5.92. The van der Waals surface area contributed by atoms with Gasteiger partial charge in [-0.2, -0.15) is 5.10 Å². The molecule has 2 aliphatic rings. The summed E-state index contributed by atoms with van der Waals surface area (Å²) < 4.78 is 21.0. The van der Waals surface area contributed by atoms with Gasteiger partial charge in [-0.1, -0.05) is 0 Å². The summed E-state index contributed by atoms with van der Waals surface area (Å²) in [5, 5.41) is 6.08. The van der Waals surface area contributed by atoms with Gasteiger partial charge in [-0.3, -0.25) is 15.2 Å².